The summed E-state index contributed by atoms with van der Waals surface area (Å²) in [7, 11) is 1.75. The van der Waals surface area contributed by atoms with Gasteiger partial charge in [0.15, 0.2) is 0 Å². The van der Waals surface area contributed by atoms with Crippen LogP contribution in [0.1, 0.15) is 12.8 Å². The van der Waals surface area contributed by atoms with Gasteiger partial charge in [0.05, 0.1) is 0 Å². The standard InChI is InChI=1S/C19H19N3O3/c1-22-11-13(7-9-18(22)23)21-19(24)20-12-6-8-15-14-4-2-3-5-16(14)25-17(15)10-12/h2-6,8,10,13H,7,9,11H2,1H3,(H2,20,21,24)/t13-/m1/s1. The lowest BCUT2D eigenvalue weighted by atomic mass is 10.1. The Morgan fingerprint density at radius 2 is 1.96 bits per heavy atom. The molecule has 1 saturated heterocycles. The van der Waals surface area contributed by atoms with Gasteiger partial charge in [-0.3, -0.25) is 4.79 Å². The molecule has 1 fully saturated rings. The van der Waals surface area contributed by atoms with Crippen molar-refractivity contribution >= 4 is 39.6 Å². The largest absolute Gasteiger partial charge is 0.456 e. The third-order valence-corrected chi connectivity index (χ3v) is 4.60. The number of likely N-dealkylation sites (N-methyl/N-ethyl adjacent to an activating group) is 1. The Bertz CT molecular complexity index is 963. The summed E-state index contributed by atoms with van der Waals surface area (Å²) in [4.78, 5) is 25.4. The van der Waals surface area contributed by atoms with Crippen LogP contribution in [0.5, 0.6) is 0 Å². The smallest absolute Gasteiger partial charge is 0.319 e. The van der Waals surface area contributed by atoms with Crippen molar-refractivity contribution in [1.29, 1.82) is 0 Å². The Kier molecular flexibility index (Phi) is 3.80. The zero-order valence-corrected chi connectivity index (χ0v) is 13.9. The van der Waals surface area contributed by atoms with Crippen molar-refractivity contribution in [1.82, 2.24) is 10.2 Å². The van der Waals surface area contributed by atoms with E-state index in [9.17, 15) is 9.59 Å². The molecule has 1 atom stereocenters. The van der Waals surface area contributed by atoms with Crippen molar-refractivity contribution in [3.05, 3.63) is 42.5 Å². The topological polar surface area (TPSA) is 74.6 Å². The molecule has 3 aromatic rings. The Hall–Kier alpha value is -3.02. The molecule has 0 radical (unpaired) electrons. The van der Waals surface area contributed by atoms with Crippen LogP contribution in [0.25, 0.3) is 21.9 Å². The van der Waals surface area contributed by atoms with Crippen LogP contribution in [-0.4, -0.2) is 36.5 Å². The van der Waals surface area contributed by atoms with Gasteiger partial charge in [-0.25, -0.2) is 4.79 Å². The number of para-hydroxylation sites is 1. The maximum Gasteiger partial charge on any atom is 0.319 e. The van der Waals surface area contributed by atoms with Crippen molar-refractivity contribution in [2.75, 3.05) is 18.9 Å². The number of anilines is 1. The first-order valence-corrected chi connectivity index (χ1v) is 8.33. The molecular formula is C19H19N3O3. The fourth-order valence-electron chi connectivity index (χ4n) is 3.29. The fourth-order valence-corrected chi connectivity index (χ4v) is 3.29. The molecule has 0 aliphatic carbocycles. The van der Waals surface area contributed by atoms with Gasteiger partial charge in [0, 0.05) is 48.6 Å². The maximum absolute atomic E-state index is 12.2. The zero-order chi connectivity index (χ0) is 17.4. The molecule has 4 rings (SSSR count). The highest BCUT2D eigenvalue weighted by molar-refractivity contribution is 6.06. The first kappa shape index (κ1) is 15.5. The third-order valence-electron chi connectivity index (χ3n) is 4.60. The maximum atomic E-state index is 12.2. The predicted molar refractivity (Wildman–Crippen MR) is 96.5 cm³/mol. The number of urea groups is 1. The lowest BCUT2D eigenvalue weighted by molar-refractivity contribution is -0.132. The average molecular weight is 337 g/mol. The summed E-state index contributed by atoms with van der Waals surface area (Å²) >= 11 is 0. The van der Waals surface area contributed by atoms with E-state index in [1.807, 2.05) is 42.5 Å². The van der Waals surface area contributed by atoms with Crippen LogP contribution in [0.2, 0.25) is 0 Å². The van der Waals surface area contributed by atoms with E-state index in [2.05, 4.69) is 10.6 Å². The van der Waals surface area contributed by atoms with E-state index in [-0.39, 0.29) is 18.0 Å². The summed E-state index contributed by atoms with van der Waals surface area (Å²) in [6, 6.07) is 13.2. The van der Waals surface area contributed by atoms with Gasteiger partial charge in [0.25, 0.3) is 0 Å². The lowest BCUT2D eigenvalue weighted by Gasteiger charge is -2.30. The molecule has 2 aromatic carbocycles. The number of carbonyl (C=O) groups excluding carboxylic acids is 2. The van der Waals surface area contributed by atoms with Crippen LogP contribution >= 0.6 is 0 Å². The van der Waals surface area contributed by atoms with E-state index in [0.717, 1.165) is 21.9 Å². The average Bonchev–Trinajstić information content (AvgIpc) is 2.96. The highest BCUT2D eigenvalue weighted by Crippen LogP contribution is 2.30. The highest BCUT2D eigenvalue weighted by Gasteiger charge is 2.24. The number of nitrogens with one attached hydrogen (secondary N) is 2. The van der Waals surface area contributed by atoms with E-state index in [1.165, 1.54) is 0 Å². The molecule has 1 aromatic heterocycles. The normalized spacial score (nSPS) is 17.9. The van der Waals surface area contributed by atoms with Crippen LogP contribution in [0.3, 0.4) is 0 Å². The number of amides is 3. The summed E-state index contributed by atoms with van der Waals surface area (Å²) < 4.78 is 5.83. The van der Waals surface area contributed by atoms with Gasteiger partial charge < -0.3 is 20.0 Å². The van der Waals surface area contributed by atoms with Gasteiger partial charge in [0.2, 0.25) is 5.91 Å². The van der Waals surface area contributed by atoms with Crippen LogP contribution in [0, 0.1) is 0 Å². The monoisotopic (exact) mass is 337 g/mol. The van der Waals surface area contributed by atoms with Crippen LogP contribution < -0.4 is 10.6 Å². The van der Waals surface area contributed by atoms with Gasteiger partial charge in [-0.1, -0.05) is 18.2 Å². The van der Waals surface area contributed by atoms with Crippen LogP contribution in [-0.2, 0) is 4.79 Å². The van der Waals surface area contributed by atoms with Crippen LogP contribution in [0.4, 0.5) is 10.5 Å². The molecule has 25 heavy (non-hydrogen) atoms. The van der Waals surface area contributed by atoms with Gasteiger partial charge in [-0.2, -0.15) is 0 Å². The first-order chi connectivity index (χ1) is 12.1. The van der Waals surface area contributed by atoms with Gasteiger partial charge in [-0.05, 0) is 24.6 Å². The van der Waals surface area contributed by atoms with E-state index < -0.39 is 0 Å². The molecule has 3 amide bonds. The van der Waals surface area contributed by atoms with Gasteiger partial charge in [0.1, 0.15) is 11.2 Å². The molecule has 0 saturated carbocycles. The second-order valence-electron chi connectivity index (χ2n) is 6.42. The van der Waals surface area contributed by atoms with Crippen molar-refractivity contribution in [3.8, 4) is 0 Å². The molecule has 0 bridgehead atoms. The second-order valence-corrected chi connectivity index (χ2v) is 6.42. The zero-order valence-electron chi connectivity index (χ0n) is 13.9. The molecule has 6 nitrogen and oxygen atoms in total. The van der Waals surface area contributed by atoms with Crippen molar-refractivity contribution < 1.29 is 14.0 Å². The van der Waals surface area contributed by atoms with E-state index in [4.69, 9.17) is 4.42 Å². The summed E-state index contributed by atoms with van der Waals surface area (Å²) in [6.45, 7) is 0.537. The molecule has 0 unspecified atom stereocenters. The van der Waals surface area contributed by atoms with Gasteiger partial charge >= 0.3 is 6.03 Å². The highest BCUT2D eigenvalue weighted by atomic mass is 16.3. The Morgan fingerprint density at radius 3 is 2.80 bits per heavy atom. The molecule has 0 spiro atoms. The van der Waals surface area contributed by atoms with E-state index >= 15 is 0 Å². The fraction of sp³-hybridized carbons (Fsp3) is 0.263. The number of hydrogen-bond donors (Lipinski definition) is 2. The minimum absolute atomic E-state index is 0.0300. The van der Waals surface area contributed by atoms with Crippen molar-refractivity contribution in [3.63, 3.8) is 0 Å². The number of hydrogen-bond acceptors (Lipinski definition) is 3. The summed E-state index contributed by atoms with van der Waals surface area (Å²) in [5, 5.41) is 7.84. The molecule has 2 N–H and O–H groups in total. The third kappa shape index (κ3) is 3.03. The minimum atomic E-state index is -0.275. The number of carbonyl (C=O) groups is 2. The molecule has 128 valence electrons. The summed E-state index contributed by atoms with van der Waals surface area (Å²) in [6.07, 6.45) is 1.13. The molecule has 1 aliphatic rings. The number of piperidine rings is 1. The number of fused-ring (bicyclic) bond motifs is 3. The lowest BCUT2D eigenvalue weighted by Crippen LogP contribution is -2.49. The number of furan rings is 1. The number of benzene rings is 2. The number of nitrogens with zero attached hydrogens (tertiary/aromatic N) is 1. The predicted octanol–water partition coefficient (Wildman–Crippen LogP) is 3.33. The SMILES string of the molecule is CN1C[C@H](NC(=O)Nc2ccc3c(c2)oc2ccccc23)CCC1=O. The summed E-state index contributed by atoms with van der Waals surface area (Å²) in [5.74, 6) is 0.119. The van der Waals surface area contributed by atoms with E-state index in [1.54, 1.807) is 11.9 Å². The number of rotatable bonds is 2. The number of likely N-dealkylation sites (tertiary alicyclic amines) is 1. The molecule has 1 aliphatic heterocycles. The Morgan fingerprint density at radius 1 is 1.16 bits per heavy atom. The first-order valence-electron chi connectivity index (χ1n) is 8.33. The molecule has 2 heterocycles. The summed E-state index contributed by atoms with van der Waals surface area (Å²) in [5.41, 5.74) is 2.24. The Labute approximate surface area is 144 Å². The quantitative estimate of drug-likeness (QED) is 0.753. The minimum Gasteiger partial charge on any atom is -0.456 e. The Balaban J connectivity index is 1.47. The van der Waals surface area contributed by atoms with Gasteiger partial charge in [-0.15, -0.1) is 0 Å². The second kappa shape index (κ2) is 6.12. The molecular weight excluding hydrogens is 318 g/mol. The van der Waals surface area contributed by atoms with E-state index in [0.29, 0.717) is 25.1 Å². The van der Waals surface area contributed by atoms with Crippen LogP contribution in [0.15, 0.2) is 46.9 Å². The van der Waals surface area contributed by atoms with Crippen molar-refractivity contribution in [2.24, 2.45) is 0 Å². The molecule has 6 heteroatoms. The van der Waals surface area contributed by atoms with Crippen molar-refractivity contribution in [2.45, 2.75) is 18.9 Å².